The van der Waals surface area contributed by atoms with Gasteiger partial charge in [-0.3, -0.25) is 9.69 Å². The predicted molar refractivity (Wildman–Crippen MR) is 105 cm³/mol. The van der Waals surface area contributed by atoms with Gasteiger partial charge < -0.3 is 9.84 Å². The molecule has 0 unspecified atom stereocenters. The highest BCUT2D eigenvalue weighted by atomic mass is 79.9. The third kappa shape index (κ3) is 3.29. The second kappa shape index (κ2) is 7.03. The van der Waals surface area contributed by atoms with Crippen molar-refractivity contribution in [3.05, 3.63) is 69.4 Å². The number of amides is 3. The van der Waals surface area contributed by atoms with Crippen LogP contribution in [-0.2, 0) is 16.9 Å². The summed E-state index contributed by atoms with van der Waals surface area (Å²) in [4.78, 5) is 30.8. The van der Waals surface area contributed by atoms with Gasteiger partial charge in [0, 0.05) is 15.1 Å². The van der Waals surface area contributed by atoms with Gasteiger partial charge in [0.15, 0.2) is 5.82 Å². The average Bonchev–Trinajstić information content (AvgIpc) is 3.22. The summed E-state index contributed by atoms with van der Waals surface area (Å²) in [6.45, 7) is 1.58. The smallest absolute Gasteiger partial charge is 0.325 e. The third-order valence-corrected chi connectivity index (χ3v) is 5.28. The van der Waals surface area contributed by atoms with Crippen molar-refractivity contribution in [2.45, 2.75) is 19.0 Å². The zero-order valence-corrected chi connectivity index (χ0v) is 17.0. The van der Waals surface area contributed by atoms with Crippen molar-refractivity contribution in [3.8, 4) is 11.5 Å². The Hall–Kier alpha value is -2.71. The Labute approximate surface area is 173 Å². The van der Waals surface area contributed by atoms with E-state index < -0.39 is 11.6 Å². The molecule has 1 aliphatic rings. The number of imide groups is 1. The van der Waals surface area contributed by atoms with Gasteiger partial charge in [0.1, 0.15) is 5.54 Å². The van der Waals surface area contributed by atoms with E-state index in [2.05, 4.69) is 31.4 Å². The highest BCUT2D eigenvalue weighted by Crippen LogP contribution is 2.31. The Morgan fingerprint density at radius 1 is 1.21 bits per heavy atom. The van der Waals surface area contributed by atoms with Gasteiger partial charge in [0.2, 0.25) is 0 Å². The predicted octanol–water partition coefficient (Wildman–Crippen LogP) is 4.12. The molecule has 28 heavy (non-hydrogen) atoms. The summed E-state index contributed by atoms with van der Waals surface area (Å²) in [6.07, 6.45) is 0. The zero-order chi connectivity index (χ0) is 19.9. The van der Waals surface area contributed by atoms with E-state index in [0.717, 1.165) is 9.37 Å². The number of hydrogen-bond acceptors (Lipinski definition) is 5. The molecule has 0 radical (unpaired) electrons. The number of carbonyl (C=O) groups excluding carboxylic acids is 2. The number of rotatable bonds is 4. The largest absolute Gasteiger partial charge is 0.334 e. The number of aromatic nitrogens is 2. The highest BCUT2D eigenvalue weighted by molar-refractivity contribution is 9.10. The first-order valence-electron chi connectivity index (χ1n) is 8.35. The van der Waals surface area contributed by atoms with Crippen LogP contribution in [0.3, 0.4) is 0 Å². The van der Waals surface area contributed by atoms with Gasteiger partial charge in [-0.05, 0) is 48.9 Å². The van der Waals surface area contributed by atoms with Gasteiger partial charge in [-0.25, -0.2) is 4.79 Å². The maximum Gasteiger partial charge on any atom is 0.325 e. The molecule has 0 aliphatic carbocycles. The summed E-state index contributed by atoms with van der Waals surface area (Å²) in [7, 11) is 0. The van der Waals surface area contributed by atoms with Crippen LogP contribution in [0.25, 0.3) is 11.5 Å². The highest BCUT2D eigenvalue weighted by Gasteiger charge is 2.49. The molecule has 3 amide bonds. The van der Waals surface area contributed by atoms with Crippen LogP contribution in [0, 0.1) is 0 Å². The van der Waals surface area contributed by atoms with Crippen LogP contribution in [-0.4, -0.2) is 27.0 Å². The van der Waals surface area contributed by atoms with E-state index in [9.17, 15) is 9.59 Å². The third-order valence-electron chi connectivity index (χ3n) is 4.54. The van der Waals surface area contributed by atoms with Crippen molar-refractivity contribution in [1.82, 2.24) is 20.4 Å². The van der Waals surface area contributed by atoms with E-state index in [0.29, 0.717) is 16.1 Å². The lowest BCUT2D eigenvalue weighted by Gasteiger charge is -2.22. The quantitative estimate of drug-likeness (QED) is 0.591. The number of hydrogen-bond donors (Lipinski definition) is 1. The molecular weight excluding hydrogens is 448 g/mol. The van der Waals surface area contributed by atoms with Crippen molar-refractivity contribution in [2.24, 2.45) is 0 Å². The fourth-order valence-corrected chi connectivity index (χ4v) is 3.53. The topological polar surface area (TPSA) is 88.3 Å². The maximum absolute atomic E-state index is 13.0. The van der Waals surface area contributed by atoms with E-state index in [1.807, 2.05) is 12.1 Å². The SMILES string of the molecule is C[C@]1(c2cccc(Br)c2)NC(=O)N(Cc2noc(-c3ccc(Cl)cc3)n2)C1=O. The lowest BCUT2D eigenvalue weighted by atomic mass is 9.92. The first-order valence-corrected chi connectivity index (χ1v) is 9.52. The molecule has 3 aromatic rings. The van der Waals surface area contributed by atoms with E-state index in [1.54, 1.807) is 43.3 Å². The molecule has 9 heteroatoms. The summed E-state index contributed by atoms with van der Waals surface area (Å²) < 4.78 is 6.06. The van der Waals surface area contributed by atoms with E-state index >= 15 is 0 Å². The Kier molecular flexibility index (Phi) is 4.68. The standard InChI is InChI=1S/C19H14BrClN4O3/c1-19(12-3-2-4-13(20)9-12)17(26)25(18(27)23-19)10-15-22-16(28-24-15)11-5-7-14(21)8-6-11/h2-9H,10H2,1H3,(H,23,27)/t19-/m1/s1. The lowest BCUT2D eigenvalue weighted by molar-refractivity contribution is -0.131. The number of nitrogens with one attached hydrogen (secondary N) is 1. The molecule has 7 nitrogen and oxygen atoms in total. The van der Waals surface area contributed by atoms with Crippen molar-refractivity contribution in [3.63, 3.8) is 0 Å². The number of carbonyl (C=O) groups is 2. The molecule has 0 spiro atoms. The summed E-state index contributed by atoms with van der Waals surface area (Å²) >= 11 is 9.27. The van der Waals surface area contributed by atoms with Gasteiger partial charge in [0.05, 0.1) is 6.54 Å². The number of urea groups is 1. The fourth-order valence-electron chi connectivity index (χ4n) is 3.01. The minimum absolute atomic E-state index is 0.0919. The first kappa shape index (κ1) is 18.6. The molecule has 1 fully saturated rings. The van der Waals surface area contributed by atoms with Gasteiger partial charge in [-0.2, -0.15) is 4.98 Å². The van der Waals surface area contributed by atoms with Gasteiger partial charge >= 0.3 is 6.03 Å². The zero-order valence-electron chi connectivity index (χ0n) is 14.6. The van der Waals surface area contributed by atoms with Crippen molar-refractivity contribution in [1.29, 1.82) is 0 Å². The molecule has 0 saturated carbocycles. The minimum atomic E-state index is -1.16. The molecule has 1 N–H and O–H groups in total. The van der Waals surface area contributed by atoms with Crippen LogP contribution in [0.4, 0.5) is 4.79 Å². The molecule has 1 aliphatic heterocycles. The van der Waals surface area contributed by atoms with Gasteiger partial charge in [0.25, 0.3) is 11.8 Å². The molecular formula is C19H14BrClN4O3. The second-order valence-electron chi connectivity index (χ2n) is 6.48. The Balaban J connectivity index is 1.56. The Morgan fingerprint density at radius 2 is 1.96 bits per heavy atom. The number of nitrogens with zero attached hydrogens (tertiary/aromatic N) is 3. The van der Waals surface area contributed by atoms with E-state index in [4.69, 9.17) is 16.1 Å². The molecule has 142 valence electrons. The second-order valence-corrected chi connectivity index (χ2v) is 7.83. The maximum atomic E-state index is 13.0. The van der Waals surface area contributed by atoms with Crippen LogP contribution in [0.1, 0.15) is 18.3 Å². The van der Waals surface area contributed by atoms with Crippen molar-refractivity contribution >= 4 is 39.5 Å². The first-order chi connectivity index (χ1) is 13.4. The summed E-state index contributed by atoms with van der Waals surface area (Å²) in [5.41, 5.74) is 0.209. The molecule has 2 aromatic carbocycles. The average molecular weight is 462 g/mol. The fraction of sp³-hybridized carbons (Fsp3) is 0.158. The molecule has 1 aromatic heterocycles. The summed E-state index contributed by atoms with van der Waals surface area (Å²) in [6, 6.07) is 13.7. The summed E-state index contributed by atoms with van der Waals surface area (Å²) in [5.74, 6) is 0.133. The summed E-state index contributed by atoms with van der Waals surface area (Å²) in [5, 5.41) is 7.23. The number of benzene rings is 2. The van der Waals surface area contributed by atoms with E-state index in [1.165, 1.54) is 0 Å². The van der Waals surface area contributed by atoms with Crippen molar-refractivity contribution in [2.75, 3.05) is 0 Å². The van der Waals surface area contributed by atoms with Gasteiger partial charge in [-0.1, -0.05) is 44.8 Å². The molecule has 0 bridgehead atoms. The Morgan fingerprint density at radius 3 is 2.68 bits per heavy atom. The molecule has 1 saturated heterocycles. The van der Waals surface area contributed by atoms with Crippen LogP contribution < -0.4 is 5.32 Å². The minimum Gasteiger partial charge on any atom is -0.334 e. The van der Waals surface area contributed by atoms with E-state index in [-0.39, 0.29) is 24.2 Å². The monoisotopic (exact) mass is 460 g/mol. The Bertz CT molecular complexity index is 1070. The van der Waals surface area contributed by atoms with Gasteiger partial charge in [-0.15, -0.1) is 0 Å². The molecule has 2 heterocycles. The molecule has 4 rings (SSSR count). The van der Waals surface area contributed by atoms with Crippen LogP contribution >= 0.6 is 27.5 Å². The lowest BCUT2D eigenvalue weighted by Crippen LogP contribution is -2.40. The normalized spacial score (nSPS) is 19.2. The number of halogens is 2. The van der Waals surface area contributed by atoms with Crippen LogP contribution in [0.5, 0.6) is 0 Å². The molecule has 1 atom stereocenters. The van der Waals surface area contributed by atoms with Crippen molar-refractivity contribution < 1.29 is 14.1 Å². The van der Waals surface area contributed by atoms with Crippen LogP contribution in [0.15, 0.2) is 57.5 Å². The van der Waals surface area contributed by atoms with Crippen LogP contribution in [0.2, 0.25) is 5.02 Å².